The fourth-order valence-electron chi connectivity index (χ4n) is 1.78. The van der Waals surface area contributed by atoms with E-state index in [1.807, 2.05) is 38.2 Å². The molecule has 80 valence electrons. The predicted molar refractivity (Wildman–Crippen MR) is 64.7 cm³/mol. The Balaban J connectivity index is 3.13. The van der Waals surface area contributed by atoms with Crippen molar-refractivity contribution in [3.8, 4) is 0 Å². The summed E-state index contributed by atoms with van der Waals surface area (Å²) in [5.41, 5.74) is 3.16. The van der Waals surface area contributed by atoms with Gasteiger partial charge in [0.2, 0.25) is 0 Å². The first-order valence-corrected chi connectivity index (χ1v) is 5.39. The maximum Gasteiger partial charge on any atom is 0.163 e. The van der Waals surface area contributed by atoms with Gasteiger partial charge in [0.05, 0.1) is 0 Å². The van der Waals surface area contributed by atoms with Crippen molar-refractivity contribution < 1.29 is 4.79 Å². The van der Waals surface area contributed by atoms with E-state index in [4.69, 9.17) is 0 Å². The molecule has 0 aromatic heterocycles. The van der Waals surface area contributed by atoms with Crippen molar-refractivity contribution in [1.82, 2.24) is 0 Å². The van der Waals surface area contributed by atoms with Crippen LogP contribution in [0.1, 0.15) is 33.1 Å². The summed E-state index contributed by atoms with van der Waals surface area (Å²) in [5.74, 6) is 0.260. The van der Waals surface area contributed by atoms with Crippen LogP contribution in [0.15, 0.2) is 47.6 Å². The highest BCUT2D eigenvalue weighted by Gasteiger charge is 2.20. The van der Waals surface area contributed by atoms with Gasteiger partial charge in [0.15, 0.2) is 5.78 Å². The number of hydrogen-bond donors (Lipinski definition) is 0. The first-order chi connectivity index (χ1) is 7.20. The molecule has 0 radical (unpaired) electrons. The molecule has 1 rings (SSSR count). The van der Waals surface area contributed by atoms with E-state index in [1.165, 1.54) is 5.57 Å². The SMILES string of the molecule is C=C/C(C)=C1/CCCC(=O)/C1=C/C=C\C. The summed E-state index contributed by atoms with van der Waals surface area (Å²) in [4.78, 5) is 11.8. The van der Waals surface area contributed by atoms with Gasteiger partial charge in [-0.15, -0.1) is 0 Å². The van der Waals surface area contributed by atoms with Crippen LogP contribution in [0, 0.1) is 0 Å². The molecule has 0 aliphatic heterocycles. The second-order valence-electron chi connectivity index (χ2n) is 3.75. The summed E-state index contributed by atoms with van der Waals surface area (Å²) in [6.45, 7) is 7.73. The molecule has 0 atom stereocenters. The van der Waals surface area contributed by atoms with Crippen LogP contribution in [0.4, 0.5) is 0 Å². The summed E-state index contributed by atoms with van der Waals surface area (Å²) < 4.78 is 0. The molecular weight excluding hydrogens is 184 g/mol. The van der Waals surface area contributed by atoms with Crippen molar-refractivity contribution in [1.29, 1.82) is 0 Å². The van der Waals surface area contributed by atoms with E-state index >= 15 is 0 Å². The summed E-state index contributed by atoms with van der Waals surface area (Å²) in [6, 6.07) is 0. The normalized spacial score (nSPS) is 23.6. The molecule has 0 amide bonds. The topological polar surface area (TPSA) is 17.1 Å². The highest BCUT2D eigenvalue weighted by Crippen LogP contribution is 2.29. The third-order valence-electron chi connectivity index (χ3n) is 2.69. The molecule has 0 heterocycles. The second kappa shape index (κ2) is 5.50. The van der Waals surface area contributed by atoms with Crippen molar-refractivity contribution in [2.45, 2.75) is 33.1 Å². The summed E-state index contributed by atoms with van der Waals surface area (Å²) in [6.07, 6.45) is 10.3. The average Bonchev–Trinajstić information content (AvgIpc) is 2.26. The molecule has 0 saturated heterocycles. The van der Waals surface area contributed by atoms with Gasteiger partial charge in [0, 0.05) is 12.0 Å². The Kier molecular flexibility index (Phi) is 4.29. The summed E-state index contributed by atoms with van der Waals surface area (Å²) in [7, 11) is 0. The third kappa shape index (κ3) is 2.79. The van der Waals surface area contributed by atoms with Gasteiger partial charge in [-0.3, -0.25) is 4.79 Å². The Bertz CT molecular complexity index is 354. The zero-order valence-electron chi connectivity index (χ0n) is 9.55. The fourth-order valence-corrected chi connectivity index (χ4v) is 1.78. The zero-order valence-corrected chi connectivity index (χ0v) is 9.55. The number of rotatable bonds is 2. The second-order valence-corrected chi connectivity index (χ2v) is 3.75. The smallest absolute Gasteiger partial charge is 0.163 e. The first-order valence-electron chi connectivity index (χ1n) is 5.39. The van der Waals surface area contributed by atoms with Crippen molar-refractivity contribution in [2.24, 2.45) is 0 Å². The zero-order chi connectivity index (χ0) is 11.3. The van der Waals surface area contributed by atoms with Crippen LogP contribution in [-0.4, -0.2) is 5.78 Å². The van der Waals surface area contributed by atoms with Crippen LogP contribution >= 0.6 is 0 Å². The number of carbonyl (C=O) groups excluding carboxylic acids is 1. The van der Waals surface area contributed by atoms with Crippen molar-refractivity contribution >= 4 is 5.78 Å². The monoisotopic (exact) mass is 202 g/mol. The third-order valence-corrected chi connectivity index (χ3v) is 2.69. The minimum absolute atomic E-state index is 0.260. The molecule has 15 heavy (non-hydrogen) atoms. The molecule has 0 aromatic rings. The number of carbonyl (C=O) groups is 1. The van der Waals surface area contributed by atoms with Crippen molar-refractivity contribution in [3.63, 3.8) is 0 Å². The van der Waals surface area contributed by atoms with Gasteiger partial charge in [-0.1, -0.05) is 30.9 Å². The molecule has 1 saturated carbocycles. The summed E-state index contributed by atoms with van der Waals surface area (Å²) >= 11 is 0. The lowest BCUT2D eigenvalue weighted by Gasteiger charge is -2.18. The minimum Gasteiger partial charge on any atom is -0.294 e. The van der Waals surface area contributed by atoms with E-state index < -0.39 is 0 Å². The van der Waals surface area contributed by atoms with E-state index in [0.29, 0.717) is 6.42 Å². The van der Waals surface area contributed by atoms with E-state index in [2.05, 4.69) is 6.58 Å². The quantitative estimate of drug-likeness (QED) is 0.623. The van der Waals surface area contributed by atoms with E-state index in [-0.39, 0.29) is 5.78 Å². The Morgan fingerprint density at radius 2 is 2.13 bits per heavy atom. The molecule has 0 unspecified atom stereocenters. The number of Topliss-reactive ketones (excluding diaryl/α,β-unsaturated/α-hetero) is 1. The molecule has 0 N–H and O–H groups in total. The highest BCUT2D eigenvalue weighted by molar-refractivity contribution is 6.01. The highest BCUT2D eigenvalue weighted by atomic mass is 16.1. The van der Waals surface area contributed by atoms with Crippen LogP contribution < -0.4 is 0 Å². The lowest BCUT2D eigenvalue weighted by molar-refractivity contribution is -0.115. The van der Waals surface area contributed by atoms with Crippen LogP contribution in [0.5, 0.6) is 0 Å². The van der Waals surface area contributed by atoms with Gasteiger partial charge in [-0.2, -0.15) is 0 Å². The van der Waals surface area contributed by atoms with Gasteiger partial charge in [0.1, 0.15) is 0 Å². The Hall–Kier alpha value is -1.37. The number of ketones is 1. The molecule has 1 heteroatoms. The van der Waals surface area contributed by atoms with Gasteiger partial charge < -0.3 is 0 Å². The average molecular weight is 202 g/mol. The lowest BCUT2D eigenvalue weighted by atomic mass is 9.85. The Labute approximate surface area is 91.9 Å². The van der Waals surface area contributed by atoms with Crippen molar-refractivity contribution in [2.75, 3.05) is 0 Å². The molecule has 0 aromatic carbocycles. The van der Waals surface area contributed by atoms with Gasteiger partial charge in [-0.05, 0) is 37.8 Å². The molecule has 1 aliphatic carbocycles. The lowest BCUT2D eigenvalue weighted by Crippen LogP contribution is -2.12. The maximum atomic E-state index is 11.8. The molecular formula is C14H18O. The van der Waals surface area contributed by atoms with Crippen LogP contribution in [0.25, 0.3) is 0 Å². The minimum atomic E-state index is 0.260. The molecule has 0 spiro atoms. The molecule has 0 bridgehead atoms. The fraction of sp³-hybridized carbons (Fsp3) is 0.357. The molecule has 1 fully saturated rings. The summed E-state index contributed by atoms with van der Waals surface area (Å²) in [5, 5.41) is 0. The Morgan fingerprint density at radius 1 is 1.40 bits per heavy atom. The van der Waals surface area contributed by atoms with E-state index in [1.54, 1.807) is 0 Å². The number of hydrogen-bond acceptors (Lipinski definition) is 1. The number of allylic oxidation sites excluding steroid dienone is 7. The predicted octanol–water partition coefficient (Wildman–Crippen LogP) is 3.74. The van der Waals surface area contributed by atoms with E-state index in [0.717, 1.165) is 24.0 Å². The Morgan fingerprint density at radius 3 is 2.73 bits per heavy atom. The first kappa shape index (κ1) is 11.7. The van der Waals surface area contributed by atoms with Gasteiger partial charge >= 0.3 is 0 Å². The molecule has 1 aliphatic rings. The maximum absolute atomic E-state index is 11.8. The van der Waals surface area contributed by atoms with Crippen molar-refractivity contribution in [3.05, 3.63) is 47.6 Å². The van der Waals surface area contributed by atoms with Crippen LogP contribution in [-0.2, 0) is 4.79 Å². The van der Waals surface area contributed by atoms with Crippen LogP contribution in [0.2, 0.25) is 0 Å². The molecule has 1 nitrogen and oxygen atoms in total. The largest absolute Gasteiger partial charge is 0.294 e. The standard InChI is InChI=1S/C14H18O/c1-4-6-8-13-12(11(3)5-2)9-7-10-14(13)15/h4-6,8H,2,7,9-10H2,1,3H3/b6-4-,12-11-,13-8+. The van der Waals surface area contributed by atoms with Gasteiger partial charge in [-0.25, -0.2) is 0 Å². The van der Waals surface area contributed by atoms with E-state index in [9.17, 15) is 4.79 Å². The van der Waals surface area contributed by atoms with Gasteiger partial charge in [0.25, 0.3) is 0 Å². The van der Waals surface area contributed by atoms with Crippen LogP contribution in [0.3, 0.4) is 0 Å².